The molecule has 2 saturated heterocycles. The van der Waals surface area contributed by atoms with Gasteiger partial charge in [-0.15, -0.1) is 21.5 Å². The average Bonchev–Trinajstić information content (AvgIpc) is 3.85. The van der Waals surface area contributed by atoms with Crippen LogP contribution in [0.15, 0.2) is 78.4 Å². The molecule has 60 heavy (non-hydrogen) atoms. The second kappa shape index (κ2) is 17.7. The van der Waals surface area contributed by atoms with Crippen LogP contribution in [-0.2, 0) is 14.4 Å². The maximum absolute atomic E-state index is 14.2. The number of aromatic nitrogens is 4. The lowest BCUT2D eigenvalue weighted by atomic mass is 9.85. The van der Waals surface area contributed by atoms with Gasteiger partial charge < -0.3 is 36.4 Å². The van der Waals surface area contributed by atoms with Gasteiger partial charge in [0.2, 0.25) is 23.6 Å². The standard InChI is InChI=1S/C44H52N10O5S/c1-26(28-8-10-30(11-9-28)38-27(2)47-25-60-38)48-42(58)36-21-32(55)23-54(36)43(59)39(44(3,4)5)49-37(56)24-52-17-19-53(20-18-52)31-14-12-29(13-15-31)34-22-35(50-51-40(34)45)33-7-6-16-46-41(33)57/h6-16,22,25-26,32,36,39,55H,17-21,23-24H2,1-5H3,(H2,45,51)(H,46,57)(H,48,58)(H,49,56)/t26?,32-,36+,39?/m1/s1. The maximum Gasteiger partial charge on any atom is 0.246 e. The van der Waals surface area contributed by atoms with Gasteiger partial charge in [0.1, 0.15) is 12.1 Å². The minimum Gasteiger partial charge on any atom is -0.493 e. The molecule has 2 aliphatic heterocycles. The number of piperazine rings is 1. The normalized spacial score (nSPS) is 18.2. The van der Waals surface area contributed by atoms with Gasteiger partial charge >= 0.3 is 0 Å². The van der Waals surface area contributed by atoms with Crippen LogP contribution < -0.4 is 21.3 Å². The first-order valence-corrected chi connectivity index (χ1v) is 21.0. The molecule has 0 aliphatic carbocycles. The zero-order valence-electron chi connectivity index (χ0n) is 34.5. The van der Waals surface area contributed by atoms with E-state index in [1.165, 1.54) is 11.1 Å². The third kappa shape index (κ3) is 9.40. The molecule has 4 atom stereocenters. The number of hydrogen-bond donors (Lipinski definition) is 5. The highest BCUT2D eigenvalue weighted by atomic mass is 32.1. The summed E-state index contributed by atoms with van der Waals surface area (Å²) >= 11 is 1.58. The number of likely N-dealkylation sites (tertiary alicyclic amines) is 1. The number of anilines is 2. The molecule has 2 aliphatic rings. The topological polar surface area (TPSA) is 203 Å². The molecule has 5 heterocycles. The predicted octanol–water partition coefficient (Wildman–Crippen LogP) is 4.42. The predicted molar refractivity (Wildman–Crippen MR) is 232 cm³/mol. The molecule has 2 aromatic carbocycles. The van der Waals surface area contributed by atoms with Crippen LogP contribution in [0.3, 0.4) is 0 Å². The molecule has 3 aromatic heterocycles. The lowest BCUT2D eigenvalue weighted by Gasteiger charge is -2.37. The number of aliphatic hydroxyl groups excluding tert-OH is 1. The number of benzene rings is 2. The molecule has 2 unspecified atom stereocenters. The lowest BCUT2D eigenvalue weighted by Crippen LogP contribution is -2.59. The molecule has 15 nitrogen and oxygen atoms in total. The van der Waals surface area contributed by atoms with Crippen molar-refractivity contribution >= 4 is 40.6 Å². The number of amides is 3. The van der Waals surface area contributed by atoms with E-state index in [9.17, 15) is 24.6 Å². The van der Waals surface area contributed by atoms with Gasteiger partial charge in [0.15, 0.2) is 5.82 Å². The van der Waals surface area contributed by atoms with Crippen LogP contribution >= 0.6 is 11.3 Å². The number of rotatable bonds is 11. The van der Waals surface area contributed by atoms with Crippen LogP contribution in [0, 0.1) is 12.3 Å². The third-order valence-corrected chi connectivity index (χ3v) is 12.2. The number of nitrogens with two attached hydrogens (primary N) is 1. The Balaban J connectivity index is 0.932. The van der Waals surface area contributed by atoms with Gasteiger partial charge in [-0.1, -0.05) is 57.2 Å². The second-order valence-electron chi connectivity index (χ2n) is 16.6. The first-order chi connectivity index (χ1) is 28.7. The van der Waals surface area contributed by atoms with Gasteiger partial charge in [0.25, 0.3) is 0 Å². The Bertz CT molecular complexity index is 2320. The number of aryl methyl sites for hydroxylation is 1. The summed E-state index contributed by atoms with van der Waals surface area (Å²) in [6.07, 6.45) is 0.746. The Kier molecular flexibility index (Phi) is 12.4. The molecule has 16 heteroatoms. The lowest BCUT2D eigenvalue weighted by molar-refractivity contribution is -0.144. The van der Waals surface area contributed by atoms with Crippen molar-refractivity contribution in [3.8, 4) is 38.7 Å². The van der Waals surface area contributed by atoms with E-state index in [4.69, 9.17) is 5.73 Å². The number of nitrogens with one attached hydrogen (secondary N) is 2. The van der Waals surface area contributed by atoms with Crippen molar-refractivity contribution in [2.75, 3.05) is 49.9 Å². The zero-order chi connectivity index (χ0) is 42.7. The molecule has 0 saturated carbocycles. The van der Waals surface area contributed by atoms with Crippen LogP contribution in [0.5, 0.6) is 5.88 Å². The molecule has 0 radical (unpaired) electrons. The van der Waals surface area contributed by atoms with E-state index >= 15 is 0 Å². The Hall–Kier alpha value is -5.97. The SMILES string of the molecule is Cc1ncsc1-c1ccc(C(C)NC(=O)[C@@H]2C[C@@H](O)CN2C(=O)C(NC(=O)CN2CCN(c3ccc(-c4cc(-c5cccnc5O)nnc4N)cc3)CC2)C(C)(C)C)cc1. The number of carbonyl (C=O) groups excluding carboxylic acids is 3. The number of carbonyl (C=O) groups is 3. The first-order valence-electron chi connectivity index (χ1n) is 20.1. The minimum absolute atomic E-state index is 0.00338. The minimum atomic E-state index is -0.915. The molecule has 5 aromatic rings. The zero-order valence-corrected chi connectivity index (χ0v) is 35.3. The average molecular weight is 833 g/mol. The van der Waals surface area contributed by atoms with E-state index in [-0.39, 0.29) is 49.1 Å². The van der Waals surface area contributed by atoms with Gasteiger partial charge in [-0.2, -0.15) is 0 Å². The van der Waals surface area contributed by atoms with Crippen molar-refractivity contribution in [3.05, 3.63) is 89.7 Å². The van der Waals surface area contributed by atoms with E-state index in [2.05, 4.69) is 40.6 Å². The van der Waals surface area contributed by atoms with E-state index in [1.54, 1.807) is 29.5 Å². The van der Waals surface area contributed by atoms with Gasteiger partial charge in [-0.05, 0) is 66.3 Å². The number of pyridine rings is 1. The number of nitrogen functional groups attached to an aromatic ring is 1. The molecule has 0 bridgehead atoms. The number of aliphatic hydroxyl groups is 1. The van der Waals surface area contributed by atoms with Crippen LogP contribution in [0.25, 0.3) is 32.8 Å². The maximum atomic E-state index is 14.2. The van der Waals surface area contributed by atoms with Gasteiger partial charge in [-0.25, -0.2) is 9.97 Å². The summed E-state index contributed by atoms with van der Waals surface area (Å²) in [6.45, 7) is 12.3. The van der Waals surface area contributed by atoms with Crippen LogP contribution in [0.1, 0.15) is 51.4 Å². The Labute approximate surface area is 353 Å². The van der Waals surface area contributed by atoms with Crippen LogP contribution in [0.2, 0.25) is 0 Å². The summed E-state index contributed by atoms with van der Waals surface area (Å²) in [5.41, 5.74) is 13.8. The molecule has 0 spiro atoms. The summed E-state index contributed by atoms with van der Waals surface area (Å²) in [6, 6.07) is 19.0. The molecular formula is C44H52N10O5S. The van der Waals surface area contributed by atoms with Gasteiger partial charge in [0, 0.05) is 56.6 Å². The molecule has 2 fully saturated rings. The Morgan fingerprint density at radius 1 is 0.933 bits per heavy atom. The van der Waals surface area contributed by atoms with Crippen molar-refractivity contribution in [1.82, 2.24) is 40.6 Å². The van der Waals surface area contributed by atoms with Crippen molar-refractivity contribution in [2.45, 2.75) is 65.3 Å². The number of aromatic hydroxyl groups is 1. The Morgan fingerprint density at radius 2 is 1.63 bits per heavy atom. The fourth-order valence-electron chi connectivity index (χ4n) is 7.80. The summed E-state index contributed by atoms with van der Waals surface area (Å²) in [5.74, 6) is -0.896. The number of β-amino-alcohol motifs (C(OH)–C–C–N with tert-alkyl or cyclic N) is 1. The highest BCUT2D eigenvalue weighted by Gasteiger charge is 2.45. The summed E-state index contributed by atoms with van der Waals surface area (Å²) in [4.78, 5) is 56.6. The summed E-state index contributed by atoms with van der Waals surface area (Å²) < 4.78 is 0. The molecular weight excluding hydrogens is 781 g/mol. The van der Waals surface area contributed by atoms with Crippen molar-refractivity contribution in [3.63, 3.8) is 0 Å². The highest BCUT2D eigenvalue weighted by molar-refractivity contribution is 7.13. The summed E-state index contributed by atoms with van der Waals surface area (Å²) in [5, 5.41) is 35.2. The number of hydrogen-bond acceptors (Lipinski definition) is 13. The van der Waals surface area contributed by atoms with Gasteiger partial charge in [-0.3, -0.25) is 19.3 Å². The fourth-order valence-corrected chi connectivity index (χ4v) is 8.61. The largest absolute Gasteiger partial charge is 0.493 e. The smallest absolute Gasteiger partial charge is 0.246 e. The Morgan fingerprint density at radius 3 is 2.28 bits per heavy atom. The third-order valence-electron chi connectivity index (χ3n) is 11.2. The van der Waals surface area contributed by atoms with Crippen LogP contribution in [0.4, 0.5) is 11.5 Å². The van der Waals surface area contributed by atoms with E-state index in [0.29, 0.717) is 43.0 Å². The van der Waals surface area contributed by atoms with Crippen molar-refractivity contribution in [2.24, 2.45) is 5.41 Å². The van der Waals surface area contributed by atoms with Crippen LogP contribution in [-0.4, -0.2) is 115 Å². The highest BCUT2D eigenvalue weighted by Crippen LogP contribution is 2.33. The van der Waals surface area contributed by atoms with E-state index in [0.717, 1.165) is 32.9 Å². The molecule has 6 N–H and O–H groups in total. The second-order valence-corrected chi connectivity index (χ2v) is 17.4. The quantitative estimate of drug-likeness (QED) is 0.126. The van der Waals surface area contributed by atoms with Gasteiger partial charge in [0.05, 0.1) is 46.0 Å². The van der Waals surface area contributed by atoms with E-state index in [1.807, 2.05) is 88.7 Å². The van der Waals surface area contributed by atoms with E-state index < -0.39 is 29.5 Å². The molecule has 314 valence electrons. The monoisotopic (exact) mass is 832 g/mol. The van der Waals surface area contributed by atoms with Crippen molar-refractivity contribution in [1.29, 1.82) is 0 Å². The van der Waals surface area contributed by atoms with Crippen molar-refractivity contribution < 1.29 is 24.6 Å². The first kappa shape index (κ1) is 42.2. The fraction of sp³-hybridized carbons (Fsp3) is 0.386. The number of nitrogens with zero attached hydrogens (tertiary/aromatic N) is 7. The molecule has 7 rings (SSSR count). The number of thiazole rings is 1. The molecule has 3 amide bonds. The summed E-state index contributed by atoms with van der Waals surface area (Å²) in [7, 11) is 0.